The van der Waals surface area contributed by atoms with E-state index in [1.807, 2.05) is 0 Å². The summed E-state index contributed by atoms with van der Waals surface area (Å²) in [6, 6.07) is 0. The summed E-state index contributed by atoms with van der Waals surface area (Å²) in [7, 11) is 0. The van der Waals surface area contributed by atoms with Crippen molar-refractivity contribution in [3.63, 3.8) is 0 Å². The predicted octanol–water partition coefficient (Wildman–Crippen LogP) is 14.2. The van der Waals surface area contributed by atoms with Crippen LogP contribution in [0.4, 0.5) is 0 Å². The molecular weight excluding hydrogens is 482 g/mol. The van der Waals surface area contributed by atoms with Crippen molar-refractivity contribution in [2.45, 2.75) is 246 Å². The van der Waals surface area contributed by atoms with E-state index in [1.54, 1.807) is 0 Å². The minimum Gasteiger partial charge on any atom is -0.293 e. The van der Waals surface area contributed by atoms with Crippen LogP contribution in [0.2, 0.25) is 0 Å². The largest absolute Gasteiger partial charge is 0.293 e. The first-order valence-electron chi connectivity index (χ1n) is 19.1. The monoisotopic (exact) mass is 564 g/mol. The molecule has 0 fully saturated rings. The molecule has 0 N–H and O–H groups in total. The third-order valence-corrected chi connectivity index (χ3v) is 9.73. The standard InChI is InChI=1S/C39H81N/c1-8-11-14-17-20-21-22-23-24-25-26-27-28-31-34-37-40(38(4,5)35-32-29-18-15-12-9-2)39(6,7)36-33-30-19-16-13-10-3/h8-37H2,1-7H3. The van der Waals surface area contributed by atoms with Crippen LogP contribution in [-0.2, 0) is 0 Å². The van der Waals surface area contributed by atoms with Gasteiger partial charge in [-0.05, 0) is 53.5 Å². The van der Waals surface area contributed by atoms with E-state index >= 15 is 0 Å². The third-order valence-electron chi connectivity index (χ3n) is 9.73. The number of rotatable bonds is 32. The van der Waals surface area contributed by atoms with E-state index in [4.69, 9.17) is 0 Å². The van der Waals surface area contributed by atoms with Crippen LogP contribution in [0.1, 0.15) is 235 Å². The maximum atomic E-state index is 2.96. The second-order valence-electron chi connectivity index (χ2n) is 14.8. The molecule has 1 nitrogen and oxygen atoms in total. The van der Waals surface area contributed by atoms with Gasteiger partial charge in [0.1, 0.15) is 0 Å². The van der Waals surface area contributed by atoms with Crippen LogP contribution >= 0.6 is 0 Å². The molecule has 0 atom stereocenters. The topological polar surface area (TPSA) is 3.24 Å². The summed E-state index contributed by atoms with van der Waals surface area (Å²) in [5.74, 6) is 0. The van der Waals surface area contributed by atoms with Gasteiger partial charge in [0.2, 0.25) is 0 Å². The van der Waals surface area contributed by atoms with Gasteiger partial charge < -0.3 is 0 Å². The van der Waals surface area contributed by atoms with Gasteiger partial charge in [-0.2, -0.15) is 0 Å². The fourth-order valence-corrected chi connectivity index (χ4v) is 7.01. The molecule has 1 heteroatoms. The Bertz CT molecular complexity index is 465. The Labute approximate surface area is 256 Å². The molecule has 242 valence electrons. The molecule has 0 saturated heterocycles. The maximum absolute atomic E-state index is 2.96. The lowest BCUT2D eigenvalue weighted by Gasteiger charge is -2.49. The lowest BCUT2D eigenvalue weighted by Crippen LogP contribution is -2.55. The number of hydrogen-bond acceptors (Lipinski definition) is 1. The van der Waals surface area contributed by atoms with Crippen LogP contribution in [0.5, 0.6) is 0 Å². The molecule has 0 aromatic rings. The van der Waals surface area contributed by atoms with Gasteiger partial charge in [-0.3, -0.25) is 4.90 Å². The summed E-state index contributed by atoms with van der Waals surface area (Å²) in [6.45, 7) is 18.5. The van der Waals surface area contributed by atoms with E-state index in [0.717, 1.165) is 0 Å². The Morgan fingerprint density at radius 2 is 0.525 bits per heavy atom. The first kappa shape index (κ1) is 40.0. The smallest absolute Gasteiger partial charge is 0.0158 e. The zero-order valence-corrected chi connectivity index (χ0v) is 29.7. The lowest BCUT2D eigenvalue weighted by molar-refractivity contribution is 0.00151. The highest BCUT2D eigenvalue weighted by molar-refractivity contribution is 4.92. The highest BCUT2D eigenvalue weighted by atomic mass is 15.2. The van der Waals surface area contributed by atoms with E-state index < -0.39 is 0 Å². The summed E-state index contributed by atoms with van der Waals surface area (Å²) >= 11 is 0. The summed E-state index contributed by atoms with van der Waals surface area (Å²) in [4.78, 5) is 2.96. The second kappa shape index (κ2) is 27.8. The molecule has 0 bridgehead atoms. The van der Waals surface area contributed by atoms with Crippen LogP contribution < -0.4 is 0 Å². The van der Waals surface area contributed by atoms with Gasteiger partial charge in [0, 0.05) is 11.1 Å². The molecule has 0 spiro atoms. The molecule has 40 heavy (non-hydrogen) atoms. The van der Waals surface area contributed by atoms with Gasteiger partial charge in [-0.15, -0.1) is 0 Å². The zero-order chi connectivity index (χ0) is 29.8. The number of hydrogen-bond donors (Lipinski definition) is 0. The van der Waals surface area contributed by atoms with Crippen molar-refractivity contribution in [1.29, 1.82) is 0 Å². The van der Waals surface area contributed by atoms with Crippen molar-refractivity contribution in [3.05, 3.63) is 0 Å². The van der Waals surface area contributed by atoms with Crippen LogP contribution in [0.15, 0.2) is 0 Å². The first-order valence-corrected chi connectivity index (χ1v) is 19.1. The van der Waals surface area contributed by atoms with E-state index in [2.05, 4.69) is 53.4 Å². The fourth-order valence-electron chi connectivity index (χ4n) is 7.01. The van der Waals surface area contributed by atoms with Gasteiger partial charge >= 0.3 is 0 Å². The van der Waals surface area contributed by atoms with Crippen molar-refractivity contribution in [2.75, 3.05) is 6.54 Å². The molecule has 0 aromatic heterocycles. The predicted molar refractivity (Wildman–Crippen MR) is 186 cm³/mol. The van der Waals surface area contributed by atoms with E-state index in [1.165, 1.54) is 193 Å². The molecule has 0 aromatic carbocycles. The molecule has 0 saturated carbocycles. The minimum absolute atomic E-state index is 0.312. The molecule has 0 aliphatic carbocycles. The average molecular weight is 564 g/mol. The normalized spacial score (nSPS) is 12.6. The molecule has 0 radical (unpaired) electrons. The fraction of sp³-hybridized carbons (Fsp3) is 1.00. The zero-order valence-electron chi connectivity index (χ0n) is 29.7. The van der Waals surface area contributed by atoms with Crippen molar-refractivity contribution >= 4 is 0 Å². The lowest BCUT2D eigenvalue weighted by atomic mass is 9.85. The van der Waals surface area contributed by atoms with Gasteiger partial charge in [0.15, 0.2) is 0 Å². The third kappa shape index (κ3) is 23.5. The Kier molecular flexibility index (Phi) is 27.7. The summed E-state index contributed by atoms with van der Waals surface area (Å²) < 4.78 is 0. The minimum atomic E-state index is 0.312. The summed E-state index contributed by atoms with van der Waals surface area (Å²) in [6.07, 6.45) is 41.4. The van der Waals surface area contributed by atoms with Crippen LogP contribution in [0.25, 0.3) is 0 Å². The Balaban J connectivity index is 4.37. The maximum Gasteiger partial charge on any atom is 0.0158 e. The first-order chi connectivity index (χ1) is 19.3. The van der Waals surface area contributed by atoms with Gasteiger partial charge in [-0.25, -0.2) is 0 Å². The molecule has 0 aliphatic rings. The summed E-state index contributed by atoms with van der Waals surface area (Å²) in [5, 5.41) is 0. The van der Waals surface area contributed by atoms with Gasteiger partial charge in [0.25, 0.3) is 0 Å². The molecule has 0 aliphatic heterocycles. The van der Waals surface area contributed by atoms with E-state index in [-0.39, 0.29) is 0 Å². The SMILES string of the molecule is CCCCCCCCCCCCCCCCCN(C(C)(C)CCCCCCCC)C(C)(C)CCCCCCCC. The second-order valence-corrected chi connectivity index (χ2v) is 14.8. The highest BCUT2D eigenvalue weighted by Crippen LogP contribution is 2.34. The number of unbranched alkanes of at least 4 members (excludes halogenated alkanes) is 24. The van der Waals surface area contributed by atoms with E-state index in [9.17, 15) is 0 Å². The Hall–Kier alpha value is -0.0400. The average Bonchev–Trinajstić information content (AvgIpc) is 2.92. The molecule has 0 amide bonds. The molecule has 0 unspecified atom stereocenters. The Morgan fingerprint density at radius 1 is 0.300 bits per heavy atom. The molecule has 0 rings (SSSR count). The molecular formula is C39H81N. The van der Waals surface area contributed by atoms with Crippen LogP contribution in [0, 0.1) is 0 Å². The highest BCUT2D eigenvalue weighted by Gasteiger charge is 2.36. The Morgan fingerprint density at radius 3 is 0.800 bits per heavy atom. The van der Waals surface area contributed by atoms with Crippen LogP contribution in [0.3, 0.4) is 0 Å². The van der Waals surface area contributed by atoms with Crippen molar-refractivity contribution in [1.82, 2.24) is 4.90 Å². The van der Waals surface area contributed by atoms with E-state index in [0.29, 0.717) is 11.1 Å². The van der Waals surface area contributed by atoms with Crippen LogP contribution in [-0.4, -0.2) is 22.5 Å². The van der Waals surface area contributed by atoms with Gasteiger partial charge in [-0.1, -0.05) is 188 Å². The van der Waals surface area contributed by atoms with Crippen molar-refractivity contribution in [2.24, 2.45) is 0 Å². The van der Waals surface area contributed by atoms with Gasteiger partial charge in [0.05, 0.1) is 0 Å². The molecule has 0 heterocycles. The van der Waals surface area contributed by atoms with Crippen molar-refractivity contribution < 1.29 is 0 Å². The van der Waals surface area contributed by atoms with Crippen molar-refractivity contribution in [3.8, 4) is 0 Å². The quantitative estimate of drug-likeness (QED) is 0.0735. The number of nitrogens with zero attached hydrogens (tertiary/aromatic N) is 1. The summed E-state index contributed by atoms with van der Waals surface area (Å²) in [5.41, 5.74) is 0.624.